The van der Waals surface area contributed by atoms with E-state index in [0.717, 1.165) is 23.9 Å². The van der Waals surface area contributed by atoms with E-state index in [9.17, 15) is 18.0 Å². The molecule has 0 spiro atoms. The van der Waals surface area contributed by atoms with Gasteiger partial charge in [-0.2, -0.15) is 18.3 Å². The molecule has 4 rings (SSSR count). The Hall–Kier alpha value is -1.30. The third kappa shape index (κ3) is 2.26. The Morgan fingerprint density at radius 2 is 1.88 bits per heavy atom. The second-order valence-corrected chi connectivity index (χ2v) is 9.55. The minimum absolute atomic E-state index is 0.216. The zero-order valence-electron chi connectivity index (χ0n) is 15.4. The zero-order chi connectivity index (χ0) is 19.4. The average Bonchev–Trinajstić information content (AvgIpc) is 3.05. The lowest BCUT2D eigenvalue weighted by molar-refractivity contribution is -0.0848. The highest BCUT2D eigenvalue weighted by atomic mass is 35.5. The molecule has 0 aromatic carbocycles. The highest BCUT2D eigenvalue weighted by Gasteiger charge is 2.66. The third-order valence-corrected chi connectivity index (χ3v) is 7.30. The molecule has 3 nitrogen and oxygen atoms in total. The molecule has 0 aliphatic heterocycles. The van der Waals surface area contributed by atoms with E-state index in [4.69, 9.17) is 11.6 Å². The Bertz CT molecular complexity index is 850. The molecule has 0 N–H and O–H groups in total. The topological polar surface area (TPSA) is 34.9 Å². The summed E-state index contributed by atoms with van der Waals surface area (Å²) in [7, 11) is 0. The van der Waals surface area contributed by atoms with E-state index in [-0.39, 0.29) is 11.3 Å². The van der Waals surface area contributed by atoms with Crippen LogP contribution in [-0.2, 0) is 6.42 Å². The Morgan fingerprint density at radius 3 is 2.46 bits per heavy atom. The smallest absolute Gasteiger partial charge is 0.272 e. The van der Waals surface area contributed by atoms with Gasteiger partial charge < -0.3 is 0 Å². The average molecular weight is 387 g/mol. The maximum atomic E-state index is 13.1. The highest BCUT2D eigenvalue weighted by molar-refractivity contribution is 6.30. The van der Waals surface area contributed by atoms with Crippen molar-refractivity contribution in [3.8, 4) is 0 Å². The molecule has 26 heavy (non-hydrogen) atoms. The van der Waals surface area contributed by atoms with Gasteiger partial charge in [-0.1, -0.05) is 45.4 Å². The molecule has 2 fully saturated rings. The summed E-state index contributed by atoms with van der Waals surface area (Å²) in [4.78, 5) is 13.1. The number of nitrogens with zero attached hydrogens (tertiary/aromatic N) is 2. The molecule has 1 heterocycles. The fourth-order valence-electron chi connectivity index (χ4n) is 5.12. The predicted octanol–water partition coefficient (Wildman–Crippen LogP) is 5.08. The van der Waals surface area contributed by atoms with Gasteiger partial charge in [-0.3, -0.25) is 4.79 Å². The van der Waals surface area contributed by atoms with Crippen molar-refractivity contribution < 1.29 is 18.0 Å². The van der Waals surface area contributed by atoms with Crippen molar-refractivity contribution in [3.63, 3.8) is 0 Å². The Kier molecular flexibility index (Phi) is 3.44. The van der Waals surface area contributed by atoms with Gasteiger partial charge in [0.05, 0.1) is 17.3 Å². The minimum atomic E-state index is -4.58. The summed E-state index contributed by atoms with van der Waals surface area (Å²) in [5.74, 6) is -0.299. The van der Waals surface area contributed by atoms with Crippen LogP contribution in [0.2, 0.25) is 0 Å². The fraction of sp³-hybridized carbons (Fsp3) is 0.684. The molecule has 142 valence electrons. The highest BCUT2D eigenvalue weighted by Crippen LogP contribution is 2.70. The van der Waals surface area contributed by atoms with Crippen LogP contribution < -0.4 is 0 Å². The molecule has 0 amide bonds. The number of aryl methyl sites for hydroxylation is 1. The first-order valence-corrected chi connectivity index (χ1v) is 9.24. The van der Waals surface area contributed by atoms with Crippen molar-refractivity contribution in [1.82, 2.24) is 9.78 Å². The molecule has 0 radical (unpaired) electrons. The second-order valence-electron chi connectivity index (χ2n) is 9.14. The quantitative estimate of drug-likeness (QED) is 0.710. The zero-order valence-corrected chi connectivity index (χ0v) is 16.2. The molecule has 4 atom stereocenters. The van der Waals surface area contributed by atoms with Gasteiger partial charge in [0.2, 0.25) is 0 Å². The van der Waals surface area contributed by atoms with Crippen LogP contribution in [0.15, 0.2) is 11.1 Å². The number of fused-ring (bicyclic) bond motifs is 3. The molecule has 7 heteroatoms. The molecule has 3 aliphatic rings. The number of carbonyl (C=O) groups excluding carboxylic acids is 1. The molecule has 1 aromatic rings. The molecule has 2 saturated carbocycles. The SMILES string of the molecule is Cc1nn(C(=O)[C@@H]2[C@@H](/C=C(/Cl)C(F)(F)F)C2(C)C)c2c1[C@H]1[C@@H](C2)C1(C)C. The van der Waals surface area contributed by atoms with Crippen molar-refractivity contribution in [2.45, 2.75) is 53.1 Å². The Morgan fingerprint density at radius 1 is 1.27 bits per heavy atom. The summed E-state index contributed by atoms with van der Waals surface area (Å²) >= 11 is 5.39. The van der Waals surface area contributed by atoms with Gasteiger partial charge in [-0.05, 0) is 41.9 Å². The van der Waals surface area contributed by atoms with Crippen LogP contribution in [0.3, 0.4) is 0 Å². The van der Waals surface area contributed by atoms with E-state index in [0.29, 0.717) is 11.8 Å². The first-order valence-electron chi connectivity index (χ1n) is 8.86. The number of allylic oxidation sites excluding steroid dienone is 2. The van der Waals surface area contributed by atoms with E-state index in [2.05, 4.69) is 18.9 Å². The maximum Gasteiger partial charge on any atom is 0.426 e. The van der Waals surface area contributed by atoms with Crippen LogP contribution in [0.4, 0.5) is 13.2 Å². The minimum Gasteiger partial charge on any atom is -0.272 e. The molecule has 1 aromatic heterocycles. The van der Waals surface area contributed by atoms with Crippen LogP contribution in [-0.4, -0.2) is 21.9 Å². The van der Waals surface area contributed by atoms with Gasteiger partial charge in [-0.25, -0.2) is 4.68 Å². The summed E-state index contributed by atoms with van der Waals surface area (Å²) in [6.07, 6.45) is -2.78. The lowest BCUT2D eigenvalue weighted by atomic mass is 9.98. The monoisotopic (exact) mass is 386 g/mol. The number of aromatic nitrogens is 2. The molecular formula is C19H22ClF3N2O. The summed E-state index contributed by atoms with van der Waals surface area (Å²) in [6.45, 7) is 9.97. The normalized spacial score (nSPS) is 33.7. The van der Waals surface area contributed by atoms with Gasteiger partial charge in [0.25, 0.3) is 5.91 Å². The van der Waals surface area contributed by atoms with Crippen LogP contribution >= 0.6 is 11.6 Å². The van der Waals surface area contributed by atoms with E-state index < -0.39 is 28.5 Å². The van der Waals surface area contributed by atoms with Crippen LogP contribution in [0, 0.1) is 35.5 Å². The van der Waals surface area contributed by atoms with Gasteiger partial charge in [0.15, 0.2) is 0 Å². The first kappa shape index (κ1) is 18.1. The van der Waals surface area contributed by atoms with Gasteiger partial charge in [0.1, 0.15) is 5.03 Å². The van der Waals surface area contributed by atoms with Crippen molar-refractivity contribution in [3.05, 3.63) is 28.1 Å². The summed E-state index contributed by atoms with van der Waals surface area (Å²) in [5.41, 5.74) is 2.68. The van der Waals surface area contributed by atoms with Crippen LogP contribution in [0.5, 0.6) is 0 Å². The lowest BCUT2D eigenvalue weighted by Gasteiger charge is -2.10. The summed E-state index contributed by atoms with van der Waals surface area (Å²) < 4.78 is 39.7. The number of halogens is 4. The molecule has 3 aliphatic carbocycles. The lowest BCUT2D eigenvalue weighted by Crippen LogP contribution is -2.20. The predicted molar refractivity (Wildman–Crippen MR) is 92.1 cm³/mol. The number of hydrogen-bond donors (Lipinski definition) is 0. The van der Waals surface area contributed by atoms with Crippen molar-refractivity contribution >= 4 is 17.5 Å². The number of rotatable bonds is 2. The molecule has 0 unspecified atom stereocenters. The van der Waals surface area contributed by atoms with E-state index in [1.165, 1.54) is 10.2 Å². The molecule has 0 saturated heterocycles. The number of alkyl halides is 3. The van der Waals surface area contributed by atoms with Crippen molar-refractivity contribution in [2.75, 3.05) is 0 Å². The van der Waals surface area contributed by atoms with E-state index in [1.807, 2.05) is 6.92 Å². The summed E-state index contributed by atoms with van der Waals surface area (Å²) in [6, 6.07) is 0. The van der Waals surface area contributed by atoms with Gasteiger partial charge >= 0.3 is 6.18 Å². The largest absolute Gasteiger partial charge is 0.426 e. The number of carbonyl (C=O) groups is 1. The fourth-order valence-corrected chi connectivity index (χ4v) is 5.26. The third-order valence-electron chi connectivity index (χ3n) is 6.96. The number of hydrogen-bond acceptors (Lipinski definition) is 2. The van der Waals surface area contributed by atoms with Gasteiger partial charge in [0, 0.05) is 5.56 Å². The maximum absolute atomic E-state index is 13.1. The van der Waals surface area contributed by atoms with Crippen molar-refractivity contribution in [1.29, 1.82) is 0 Å². The molecular weight excluding hydrogens is 365 g/mol. The van der Waals surface area contributed by atoms with Crippen molar-refractivity contribution in [2.24, 2.45) is 28.6 Å². The van der Waals surface area contributed by atoms with Crippen LogP contribution in [0.1, 0.15) is 55.4 Å². The Balaban J connectivity index is 1.63. The van der Waals surface area contributed by atoms with E-state index >= 15 is 0 Å². The standard InChI is InChI=1S/C19H22ClF3N2O/c1-8-13-11(6-9-14(13)17(9,2)3)25(24-8)16(26)15-10(18(15,4)5)7-12(20)19(21,22)23/h7,9-10,14-15H,6H2,1-5H3/b12-7+/t9-,10-,14-,15+/m1/s1. The first-order chi connectivity index (χ1) is 11.8. The summed E-state index contributed by atoms with van der Waals surface area (Å²) in [5, 5.41) is 3.30. The van der Waals surface area contributed by atoms with Crippen LogP contribution in [0.25, 0.3) is 0 Å². The van der Waals surface area contributed by atoms with Gasteiger partial charge in [-0.15, -0.1) is 0 Å². The second kappa shape index (κ2) is 4.94. The Labute approximate surface area is 155 Å². The van der Waals surface area contributed by atoms with E-state index in [1.54, 1.807) is 13.8 Å². The molecule has 0 bridgehead atoms.